The minimum atomic E-state index is -0.509. The maximum Gasteiger partial charge on any atom is 0.341 e. The molecule has 41 heavy (non-hydrogen) atoms. The number of benzene rings is 1. The van der Waals surface area contributed by atoms with E-state index in [4.69, 9.17) is 9.47 Å². The molecular formula is C29H37N5O5S2. The summed E-state index contributed by atoms with van der Waals surface area (Å²) >= 11 is 2.77. The van der Waals surface area contributed by atoms with Gasteiger partial charge < -0.3 is 24.7 Å². The molecule has 3 aromatic rings. The summed E-state index contributed by atoms with van der Waals surface area (Å²) in [7, 11) is 1.53. The van der Waals surface area contributed by atoms with Crippen molar-refractivity contribution in [2.24, 2.45) is 0 Å². The second kappa shape index (κ2) is 14.5. The Morgan fingerprint density at radius 1 is 1.15 bits per heavy atom. The second-order valence-electron chi connectivity index (χ2n) is 9.67. The molecule has 2 aromatic heterocycles. The highest BCUT2D eigenvalue weighted by Gasteiger charge is 2.29. The van der Waals surface area contributed by atoms with Crippen LogP contribution >= 0.6 is 23.1 Å². The number of carbonyl (C=O) groups excluding carboxylic acids is 3. The van der Waals surface area contributed by atoms with Gasteiger partial charge in [0.2, 0.25) is 5.91 Å². The first-order valence-corrected chi connectivity index (χ1v) is 15.7. The first-order valence-electron chi connectivity index (χ1n) is 14.0. The van der Waals surface area contributed by atoms with Crippen LogP contribution in [0.15, 0.2) is 29.4 Å². The number of nitrogens with one attached hydrogen (secondary N) is 2. The maximum atomic E-state index is 13.3. The molecule has 0 spiro atoms. The number of hydrogen-bond donors (Lipinski definition) is 2. The fourth-order valence-corrected chi connectivity index (χ4v) is 6.84. The molecule has 1 aliphatic rings. The third-order valence-corrected chi connectivity index (χ3v) is 9.11. The van der Waals surface area contributed by atoms with Gasteiger partial charge in [-0.05, 0) is 63.6 Å². The number of nitrogens with zero attached hydrogens (tertiary/aromatic N) is 3. The van der Waals surface area contributed by atoms with E-state index in [1.807, 2.05) is 10.6 Å². The van der Waals surface area contributed by atoms with Gasteiger partial charge in [-0.25, -0.2) is 4.79 Å². The van der Waals surface area contributed by atoms with E-state index in [-0.39, 0.29) is 30.9 Å². The number of aryl methyl sites for hydroxylation is 1. The van der Waals surface area contributed by atoms with Gasteiger partial charge in [0.15, 0.2) is 11.0 Å². The number of ether oxygens (including phenoxy) is 2. The Labute approximate surface area is 248 Å². The summed E-state index contributed by atoms with van der Waals surface area (Å²) in [4.78, 5) is 40.1. The Morgan fingerprint density at radius 3 is 2.68 bits per heavy atom. The zero-order chi connectivity index (χ0) is 29.4. The molecule has 4 rings (SSSR count). The van der Waals surface area contributed by atoms with Crippen LogP contribution in [0.2, 0.25) is 0 Å². The van der Waals surface area contributed by atoms with Crippen LogP contribution in [0.3, 0.4) is 0 Å². The number of amides is 2. The molecule has 2 heterocycles. The highest BCUT2D eigenvalue weighted by atomic mass is 32.2. The van der Waals surface area contributed by atoms with Crippen molar-refractivity contribution in [1.29, 1.82) is 0 Å². The molecule has 0 saturated carbocycles. The SMILES string of the molecule is CCCCn1c(CNC(=O)c2ccccc2OC)nnc1S[C@@H](C)C(=O)Nc1sc2c(c1C(=O)OCC)CCCC2. The third-order valence-electron chi connectivity index (χ3n) is 6.83. The van der Waals surface area contributed by atoms with E-state index in [9.17, 15) is 14.4 Å². The molecular weight excluding hydrogens is 562 g/mol. The lowest BCUT2D eigenvalue weighted by molar-refractivity contribution is -0.115. The van der Waals surface area contributed by atoms with Gasteiger partial charge in [-0.2, -0.15) is 0 Å². The average Bonchev–Trinajstić information content (AvgIpc) is 3.54. The average molecular weight is 600 g/mol. The van der Waals surface area contributed by atoms with Crippen molar-refractivity contribution >= 4 is 45.9 Å². The number of hydrogen-bond acceptors (Lipinski definition) is 9. The molecule has 1 aliphatic carbocycles. The van der Waals surface area contributed by atoms with Crippen molar-refractivity contribution in [2.45, 2.75) is 82.8 Å². The zero-order valence-corrected chi connectivity index (χ0v) is 25.6. The van der Waals surface area contributed by atoms with Gasteiger partial charge in [0.1, 0.15) is 10.8 Å². The van der Waals surface area contributed by atoms with Crippen LogP contribution in [0, 0.1) is 0 Å². The lowest BCUT2D eigenvalue weighted by atomic mass is 9.95. The highest BCUT2D eigenvalue weighted by molar-refractivity contribution is 8.00. The van der Waals surface area contributed by atoms with Gasteiger partial charge >= 0.3 is 5.97 Å². The fraction of sp³-hybridized carbons (Fsp3) is 0.483. The standard InChI is InChI=1S/C29H37N5O5S2/c1-5-7-16-34-23(17-30-26(36)19-12-8-10-14-21(19)38-4)32-33-29(34)40-18(3)25(35)31-27-24(28(37)39-6-2)20-13-9-11-15-22(20)41-27/h8,10,12,14,18H,5-7,9,11,13,15-17H2,1-4H3,(H,30,36)(H,31,35)/t18-/m0/s1. The van der Waals surface area contributed by atoms with Crippen LogP contribution in [0.25, 0.3) is 0 Å². The molecule has 0 bridgehead atoms. The number of esters is 1. The summed E-state index contributed by atoms with van der Waals surface area (Å²) < 4.78 is 12.6. The van der Waals surface area contributed by atoms with Crippen LogP contribution in [0.4, 0.5) is 5.00 Å². The first-order chi connectivity index (χ1) is 19.9. The molecule has 0 saturated heterocycles. The molecule has 1 aromatic carbocycles. The van der Waals surface area contributed by atoms with Crippen molar-refractivity contribution in [2.75, 3.05) is 19.0 Å². The van der Waals surface area contributed by atoms with Gasteiger partial charge in [-0.3, -0.25) is 9.59 Å². The number of fused-ring (bicyclic) bond motifs is 1. The van der Waals surface area contributed by atoms with Gasteiger partial charge in [0, 0.05) is 11.4 Å². The monoisotopic (exact) mass is 599 g/mol. The van der Waals surface area contributed by atoms with E-state index in [2.05, 4.69) is 27.8 Å². The predicted molar refractivity (Wildman–Crippen MR) is 160 cm³/mol. The second-order valence-corrected chi connectivity index (χ2v) is 12.1. The normalized spacial score (nSPS) is 13.3. The fourth-order valence-electron chi connectivity index (χ4n) is 4.66. The smallest absolute Gasteiger partial charge is 0.341 e. The Bertz CT molecular complexity index is 1390. The molecule has 0 fully saturated rings. The van der Waals surface area contributed by atoms with Crippen LogP contribution in [0.1, 0.15) is 83.4 Å². The molecule has 2 N–H and O–H groups in total. The summed E-state index contributed by atoms with van der Waals surface area (Å²) in [6, 6.07) is 7.03. The topological polar surface area (TPSA) is 124 Å². The summed E-state index contributed by atoms with van der Waals surface area (Å²) in [5.41, 5.74) is 1.94. The van der Waals surface area contributed by atoms with Gasteiger partial charge in [0.25, 0.3) is 5.91 Å². The van der Waals surface area contributed by atoms with Gasteiger partial charge in [-0.15, -0.1) is 21.5 Å². The number of thiophene rings is 1. The number of thioether (sulfide) groups is 1. The minimum absolute atomic E-state index is 0.179. The maximum absolute atomic E-state index is 13.3. The summed E-state index contributed by atoms with van der Waals surface area (Å²) in [6.45, 7) is 6.79. The van der Waals surface area contributed by atoms with Crippen molar-refractivity contribution in [1.82, 2.24) is 20.1 Å². The molecule has 0 aliphatic heterocycles. The van der Waals surface area contributed by atoms with Gasteiger partial charge in [0.05, 0.1) is 36.6 Å². The molecule has 10 nitrogen and oxygen atoms in total. The van der Waals surface area contributed by atoms with Crippen molar-refractivity contribution < 1.29 is 23.9 Å². The van der Waals surface area contributed by atoms with Crippen molar-refractivity contribution in [3.05, 3.63) is 51.7 Å². The molecule has 0 radical (unpaired) electrons. The lowest BCUT2D eigenvalue weighted by Crippen LogP contribution is -2.26. The number of aromatic nitrogens is 3. The Hall–Kier alpha value is -3.38. The van der Waals surface area contributed by atoms with Crippen molar-refractivity contribution in [3.8, 4) is 5.75 Å². The number of unbranched alkanes of at least 4 members (excludes halogenated alkanes) is 1. The number of rotatable bonds is 13. The number of carbonyl (C=O) groups is 3. The van der Waals surface area contributed by atoms with E-state index in [0.29, 0.717) is 39.4 Å². The molecule has 220 valence electrons. The largest absolute Gasteiger partial charge is 0.496 e. The molecule has 0 unspecified atom stereocenters. The lowest BCUT2D eigenvalue weighted by Gasteiger charge is -2.15. The van der Waals surface area contributed by atoms with Gasteiger partial charge in [-0.1, -0.05) is 37.2 Å². The Morgan fingerprint density at radius 2 is 1.93 bits per heavy atom. The summed E-state index contributed by atoms with van der Waals surface area (Å²) in [5.74, 6) is 0.209. The Kier molecular flexibility index (Phi) is 10.8. The van der Waals surface area contributed by atoms with E-state index in [1.54, 1.807) is 32.0 Å². The third kappa shape index (κ3) is 7.28. The summed E-state index contributed by atoms with van der Waals surface area (Å²) in [6.07, 6.45) is 5.67. The molecule has 2 amide bonds. The number of para-hydroxylation sites is 1. The zero-order valence-electron chi connectivity index (χ0n) is 24.0. The van der Waals surface area contributed by atoms with E-state index < -0.39 is 5.25 Å². The molecule has 1 atom stereocenters. The molecule has 12 heteroatoms. The quantitative estimate of drug-likeness (QED) is 0.202. The number of methoxy groups -OCH3 is 1. The minimum Gasteiger partial charge on any atom is -0.496 e. The van der Waals surface area contributed by atoms with E-state index in [0.717, 1.165) is 49.0 Å². The van der Waals surface area contributed by atoms with Crippen LogP contribution in [-0.2, 0) is 35.5 Å². The number of anilines is 1. The van der Waals surface area contributed by atoms with Crippen molar-refractivity contribution in [3.63, 3.8) is 0 Å². The first kappa shape index (κ1) is 30.6. The summed E-state index contributed by atoms with van der Waals surface area (Å²) in [5, 5.41) is 15.2. The van der Waals surface area contributed by atoms with E-state index in [1.165, 1.54) is 30.2 Å². The predicted octanol–water partition coefficient (Wildman–Crippen LogP) is 5.25. The Balaban J connectivity index is 1.47. The highest BCUT2D eigenvalue weighted by Crippen LogP contribution is 2.39. The van der Waals surface area contributed by atoms with Crippen LogP contribution in [-0.4, -0.2) is 51.5 Å². The van der Waals surface area contributed by atoms with Crippen LogP contribution < -0.4 is 15.4 Å². The van der Waals surface area contributed by atoms with Crippen LogP contribution in [0.5, 0.6) is 5.75 Å². The van der Waals surface area contributed by atoms with E-state index >= 15 is 0 Å².